The van der Waals surface area contributed by atoms with Gasteiger partial charge < -0.3 is 5.11 Å². The molecule has 2 amide bonds. The van der Waals surface area contributed by atoms with E-state index < -0.39 is 5.41 Å². The van der Waals surface area contributed by atoms with Gasteiger partial charge in [-0.1, -0.05) is 31.4 Å². The van der Waals surface area contributed by atoms with Gasteiger partial charge in [-0.05, 0) is 30.5 Å². The Kier molecular flexibility index (Phi) is 3.34. The average Bonchev–Trinajstić information content (AvgIpc) is 2.71. The van der Waals surface area contributed by atoms with Gasteiger partial charge in [-0.2, -0.15) is 0 Å². The van der Waals surface area contributed by atoms with Crippen molar-refractivity contribution in [2.75, 3.05) is 4.90 Å². The number of carbonyl (C=O) groups is 2. The molecule has 0 unspecified atom stereocenters. The molecule has 0 aromatic heterocycles. The van der Waals surface area contributed by atoms with E-state index in [9.17, 15) is 14.7 Å². The van der Waals surface area contributed by atoms with Crippen molar-refractivity contribution < 1.29 is 14.7 Å². The van der Waals surface area contributed by atoms with E-state index in [2.05, 4.69) is 0 Å². The third-order valence-electron chi connectivity index (χ3n) is 4.56. The molecule has 2 fully saturated rings. The van der Waals surface area contributed by atoms with Crippen LogP contribution in [0.25, 0.3) is 0 Å². The third-order valence-corrected chi connectivity index (χ3v) is 4.56. The Labute approximate surface area is 118 Å². The highest BCUT2D eigenvalue weighted by Crippen LogP contribution is 2.46. The van der Waals surface area contributed by atoms with E-state index in [0.717, 1.165) is 32.1 Å². The molecule has 2 aliphatic rings. The van der Waals surface area contributed by atoms with E-state index in [0.29, 0.717) is 17.7 Å². The predicted molar refractivity (Wildman–Crippen MR) is 75.0 cm³/mol. The summed E-state index contributed by atoms with van der Waals surface area (Å²) in [6.45, 7) is -0.0881. The minimum Gasteiger partial charge on any atom is -0.392 e. The zero-order chi connectivity index (χ0) is 14.2. The second-order valence-electron chi connectivity index (χ2n) is 5.88. The van der Waals surface area contributed by atoms with Gasteiger partial charge in [0, 0.05) is 6.42 Å². The average molecular weight is 273 g/mol. The molecule has 1 aliphatic heterocycles. The summed E-state index contributed by atoms with van der Waals surface area (Å²) in [5, 5.41) is 9.19. The highest BCUT2D eigenvalue weighted by Gasteiger charge is 2.51. The lowest BCUT2D eigenvalue weighted by atomic mass is 9.73. The van der Waals surface area contributed by atoms with E-state index >= 15 is 0 Å². The second-order valence-corrected chi connectivity index (χ2v) is 5.88. The Morgan fingerprint density at radius 2 is 1.90 bits per heavy atom. The smallest absolute Gasteiger partial charge is 0.240 e. The van der Waals surface area contributed by atoms with Gasteiger partial charge in [0.15, 0.2) is 0 Å². The summed E-state index contributed by atoms with van der Waals surface area (Å²) < 4.78 is 0. The van der Waals surface area contributed by atoms with Gasteiger partial charge in [-0.15, -0.1) is 0 Å². The SMILES string of the molecule is O=C1CC2(CCCCC2)C(=O)N1c1cccc(CO)c1. The Morgan fingerprint density at radius 3 is 2.60 bits per heavy atom. The first-order valence-corrected chi connectivity index (χ1v) is 7.23. The molecule has 0 atom stereocenters. The zero-order valence-electron chi connectivity index (χ0n) is 11.5. The maximum absolute atomic E-state index is 12.7. The van der Waals surface area contributed by atoms with Crippen LogP contribution in [0.15, 0.2) is 24.3 Å². The van der Waals surface area contributed by atoms with Crippen molar-refractivity contribution in [1.82, 2.24) is 0 Å². The first-order chi connectivity index (χ1) is 9.66. The summed E-state index contributed by atoms with van der Waals surface area (Å²) in [5.74, 6) is -0.149. The summed E-state index contributed by atoms with van der Waals surface area (Å²) >= 11 is 0. The molecule has 4 heteroatoms. The molecule has 3 rings (SSSR count). The summed E-state index contributed by atoms with van der Waals surface area (Å²) in [6.07, 6.45) is 5.22. The number of hydrogen-bond donors (Lipinski definition) is 1. The molecule has 1 N–H and O–H groups in total. The van der Waals surface area contributed by atoms with Crippen molar-refractivity contribution in [2.45, 2.75) is 45.1 Å². The molecule has 106 valence electrons. The molecule has 1 saturated carbocycles. The van der Waals surface area contributed by atoms with Crippen LogP contribution in [0.3, 0.4) is 0 Å². The molecular formula is C16H19NO3. The predicted octanol–water partition coefficient (Wildman–Crippen LogP) is 2.39. The first kappa shape index (κ1) is 13.3. The fourth-order valence-electron chi connectivity index (χ4n) is 3.47. The van der Waals surface area contributed by atoms with E-state index in [1.807, 2.05) is 0 Å². The molecule has 0 radical (unpaired) electrons. The fourth-order valence-corrected chi connectivity index (χ4v) is 3.47. The van der Waals surface area contributed by atoms with Crippen molar-refractivity contribution in [3.8, 4) is 0 Å². The quantitative estimate of drug-likeness (QED) is 0.842. The summed E-state index contributed by atoms with van der Waals surface area (Å²) in [4.78, 5) is 26.4. The van der Waals surface area contributed by atoms with Crippen LogP contribution in [0.4, 0.5) is 5.69 Å². The number of carbonyl (C=O) groups excluding carboxylic acids is 2. The van der Waals surface area contributed by atoms with Gasteiger partial charge in [0.1, 0.15) is 0 Å². The number of benzene rings is 1. The lowest BCUT2D eigenvalue weighted by Crippen LogP contribution is -2.37. The summed E-state index contributed by atoms with van der Waals surface area (Å²) in [6, 6.07) is 7.03. The lowest BCUT2D eigenvalue weighted by Gasteiger charge is -2.30. The number of aliphatic hydroxyl groups excluding tert-OH is 1. The van der Waals surface area contributed by atoms with Crippen molar-refractivity contribution >= 4 is 17.5 Å². The second kappa shape index (κ2) is 5.02. The number of amides is 2. The van der Waals surface area contributed by atoms with Crippen LogP contribution < -0.4 is 4.90 Å². The van der Waals surface area contributed by atoms with Crippen molar-refractivity contribution in [3.05, 3.63) is 29.8 Å². The molecule has 1 aromatic carbocycles. The third kappa shape index (κ3) is 2.04. The molecule has 1 saturated heterocycles. The lowest BCUT2D eigenvalue weighted by molar-refractivity contribution is -0.127. The van der Waals surface area contributed by atoms with Crippen molar-refractivity contribution in [2.24, 2.45) is 5.41 Å². The van der Waals surface area contributed by atoms with Gasteiger partial charge in [-0.3, -0.25) is 14.5 Å². The first-order valence-electron chi connectivity index (χ1n) is 7.23. The highest BCUT2D eigenvalue weighted by molar-refractivity contribution is 6.22. The van der Waals surface area contributed by atoms with E-state index in [4.69, 9.17) is 0 Å². The molecular weight excluding hydrogens is 254 g/mol. The number of hydrogen-bond acceptors (Lipinski definition) is 3. The van der Waals surface area contributed by atoms with Gasteiger partial charge in [-0.25, -0.2) is 0 Å². The van der Waals surface area contributed by atoms with Crippen LogP contribution in [0.1, 0.15) is 44.1 Å². The minimum atomic E-state index is -0.454. The van der Waals surface area contributed by atoms with Crippen LogP contribution in [-0.4, -0.2) is 16.9 Å². The molecule has 1 aromatic rings. The topological polar surface area (TPSA) is 57.6 Å². The number of rotatable bonds is 2. The Balaban J connectivity index is 1.93. The van der Waals surface area contributed by atoms with Gasteiger partial charge in [0.25, 0.3) is 0 Å². The fraction of sp³-hybridized carbons (Fsp3) is 0.500. The van der Waals surface area contributed by atoms with Crippen LogP contribution >= 0.6 is 0 Å². The number of imide groups is 1. The van der Waals surface area contributed by atoms with Gasteiger partial charge in [0.2, 0.25) is 11.8 Å². The number of aliphatic hydroxyl groups is 1. The Hall–Kier alpha value is -1.68. The van der Waals surface area contributed by atoms with E-state index in [1.54, 1.807) is 24.3 Å². The molecule has 0 bridgehead atoms. The summed E-state index contributed by atoms with van der Waals surface area (Å²) in [7, 11) is 0. The van der Waals surface area contributed by atoms with Crippen molar-refractivity contribution in [3.63, 3.8) is 0 Å². The normalized spacial score (nSPS) is 21.8. The van der Waals surface area contributed by atoms with E-state index in [1.165, 1.54) is 4.90 Å². The van der Waals surface area contributed by atoms with E-state index in [-0.39, 0.29) is 18.4 Å². The minimum absolute atomic E-state index is 0.0442. The monoisotopic (exact) mass is 273 g/mol. The van der Waals surface area contributed by atoms with Crippen LogP contribution in [0.2, 0.25) is 0 Å². The molecule has 1 heterocycles. The number of anilines is 1. The molecule has 1 spiro atoms. The van der Waals surface area contributed by atoms with Crippen molar-refractivity contribution in [1.29, 1.82) is 0 Å². The molecule has 1 aliphatic carbocycles. The Morgan fingerprint density at radius 1 is 1.15 bits per heavy atom. The van der Waals surface area contributed by atoms with Gasteiger partial charge >= 0.3 is 0 Å². The summed E-state index contributed by atoms with van der Waals surface area (Å²) in [5.41, 5.74) is 0.853. The maximum Gasteiger partial charge on any atom is 0.240 e. The van der Waals surface area contributed by atoms with Crippen LogP contribution in [-0.2, 0) is 16.2 Å². The maximum atomic E-state index is 12.7. The number of nitrogens with zero attached hydrogens (tertiary/aromatic N) is 1. The zero-order valence-corrected chi connectivity index (χ0v) is 11.5. The standard InChI is InChI=1S/C16H19NO3/c18-11-12-5-4-6-13(9-12)17-14(19)10-16(15(17)20)7-2-1-3-8-16/h4-6,9,18H,1-3,7-8,10-11H2. The van der Waals surface area contributed by atoms with Crippen LogP contribution in [0, 0.1) is 5.41 Å². The Bertz CT molecular complexity index is 546. The molecule has 4 nitrogen and oxygen atoms in total. The van der Waals surface area contributed by atoms with Crippen LogP contribution in [0.5, 0.6) is 0 Å². The largest absolute Gasteiger partial charge is 0.392 e. The van der Waals surface area contributed by atoms with Gasteiger partial charge in [0.05, 0.1) is 17.7 Å². The highest BCUT2D eigenvalue weighted by atomic mass is 16.3. The molecule has 20 heavy (non-hydrogen) atoms.